The molecule has 0 aromatic carbocycles. The minimum Gasteiger partial charge on any atom is -0.545 e. The van der Waals surface area contributed by atoms with Gasteiger partial charge >= 0.3 is 11.9 Å². The molecule has 432 valence electrons. The van der Waals surface area contributed by atoms with Crippen molar-refractivity contribution in [2.75, 3.05) is 47.5 Å². The van der Waals surface area contributed by atoms with Crippen LogP contribution in [0.25, 0.3) is 0 Å². The van der Waals surface area contributed by atoms with E-state index >= 15 is 0 Å². The number of nitrogens with zero attached hydrogens (tertiary/aromatic N) is 1. The molecule has 0 amide bonds. The van der Waals surface area contributed by atoms with E-state index in [4.69, 9.17) is 18.9 Å². The Morgan fingerprint density at radius 3 is 1.13 bits per heavy atom. The summed E-state index contributed by atoms with van der Waals surface area (Å²) in [6.07, 6.45) is 72.1. The lowest BCUT2D eigenvalue weighted by Gasteiger charge is -2.26. The van der Waals surface area contributed by atoms with Crippen LogP contribution in [-0.2, 0) is 33.3 Å². The van der Waals surface area contributed by atoms with Gasteiger partial charge in [0.15, 0.2) is 12.4 Å². The molecule has 0 heterocycles. The fourth-order valence-electron chi connectivity index (χ4n) is 8.46. The lowest BCUT2D eigenvalue weighted by molar-refractivity contribution is -0.870. The molecule has 2 unspecified atom stereocenters. The van der Waals surface area contributed by atoms with E-state index in [1.54, 1.807) is 0 Å². The van der Waals surface area contributed by atoms with Crippen LogP contribution in [0.5, 0.6) is 0 Å². The number of carbonyl (C=O) groups excluding carboxylic acids is 3. The van der Waals surface area contributed by atoms with Gasteiger partial charge in [-0.15, -0.1) is 0 Å². The summed E-state index contributed by atoms with van der Waals surface area (Å²) in [5.74, 6) is -2.28. The van der Waals surface area contributed by atoms with E-state index in [0.29, 0.717) is 23.9 Å². The number of hydrogen-bond donors (Lipinski definition) is 0. The third-order valence-corrected chi connectivity index (χ3v) is 13.2. The first kappa shape index (κ1) is 71.5. The largest absolute Gasteiger partial charge is 0.545 e. The minimum atomic E-state index is -1.62. The Bertz CT molecular complexity index is 1500. The monoisotopic (exact) mass is 1050 g/mol. The van der Waals surface area contributed by atoms with Crippen molar-refractivity contribution in [3.8, 4) is 0 Å². The molecule has 0 aliphatic rings. The number of quaternary nitrogens is 1. The Labute approximate surface area is 461 Å². The van der Waals surface area contributed by atoms with Crippen molar-refractivity contribution in [2.24, 2.45) is 0 Å². The van der Waals surface area contributed by atoms with Gasteiger partial charge in [-0.25, -0.2) is 0 Å². The zero-order chi connectivity index (χ0) is 54.8. The molecule has 9 heteroatoms. The number of aliphatic carboxylic acids is 1. The molecule has 0 saturated carbocycles. The average molecular weight is 1050 g/mol. The fraction of sp³-hybridized carbons (Fsp3) is 0.742. The van der Waals surface area contributed by atoms with Gasteiger partial charge in [0.1, 0.15) is 13.2 Å². The normalized spacial score (nSPS) is 13.3. The van der Waals surface area contributed by atoms with Crippen LogP contribution >= 0.6 is 0 Å². The molecule has 0 aromatic rings. The molecule has 0 aliphatic carbocycles. The topological polar surface area (TPSA) is 111 Å². The number of carbonyl (C=O) groups is 3. The standard InChI is InChI=1S/C66H115NO8/c1-6-8-10-12-14-16-18-20-22-23-24-25-26-27-28-29-30-31-32-33-34-35-36-37-38-39-40-41-43-45-47-49-51-53-55-57-64(69)75-62(61-74-66(65(70)71)72-59-58-67(3,4)5)60-73-63(68)56-54-52-50-48-46-44-42-21-19-17-15-13-11-9-7-2/h8,10,14,16,20,22,24-25,27-28,30-31,33-34,62,66H,6-7,9,11-13,15,17-19,21,23,26,29,32,35-61H2,1-5H3/b10-8-,16-14-,22-20-,25-24-,28-27-,31-30-,34-33-. The maximum Gasteiger partial charge on any atom is 0.306 e. The molecular formula is C66H115NO8. The molecule has 75 heavy (non-hydrogen) atoms. The van der Waals surface area contributed by atoms with Crippen LogP contribution < -0.4 is 5.11 Å². The second kappa shape index (κ2) is 56.7. The van der Waals surface area contributed by atoms with E-state index in [1.807, 2.05) is 21.1 Å². The maximum atomic E-state index is 12.9. The number of carboxylic acid groups (broad SMARTS) is 1. The second-order valence-electron chi connectivity index (χ2n) is 21.6. The highest BCUT2D eigenvalue weighted by molar-refractivity contribution is 5.70. The Balaban J connectivity index is 4.13. The Hall–Kier alpha value is -3.53. The second-order valence-corrected chi connectivity index (χ2v) is 21.6. The number of likely N-dealkylation sites (N-methyl/N-ethyl adjacent to an activating group) is 1. The summed E-state index contributed by atoms with van der Waals surface area (Å²) in [5.41, 5.74) is 0. The van der Waals surface area contributed by atoms with Crippen molar-refractivity contribution in [3.63, 3.8) is 0 Å². The number of unbranched alkanes of at least 4 members (excludes halogenated alkanes) is 27. The van der Waals surface area contributed by atoms with Crippen LogP contribution in [0.15, 0.2) is 85.1 Å². The van der Waals surface area contributed by atoms with Crippen molar-refractivity contribution >= 4 is 17.9 Å². The van der Waals surface area contributed by atoms with Gasteiger partial charge in [0.25, 0.3) is 0 Å². The Kier molecular flexibility index (Phi) is 54.0. The molecule has 0 spiro atoms. The number of carboxylic acids is 1. The van der Waals surface area contributed by atoms with Crippen LogP contribution in [0.2, 0.25) is 0 Å². The van der Waals surface area contributed by atoms with Crippen molar-refractivity contribution in [1.29, 1.82) is 0 Å². The summed E-state index contributed by atoms with van der Waals surface area (Å²) in [7, 11) is 5.92. The number of hydrogen-bond acceptors (Lipinski definition) is 8. The van der Waals surface area contributed by atoms with E-state index in [1.165, 1.54) is 141 Å². The molecule has 2 atom stereocenters. The molecular weight excluding hydrogens is 935 g/mol. The molecule has 0 aromatic heterocycles. The molecule has 0 bridgehead atoms. The van der Waals surface area contributed by atoms with Gasteiger partial charge < -0.3 is 33.3 Å². The molecule has 0 fully saturated rings. The predicted octanol–water partition coefficient (Wildman–Crippen LogP) is 17.0. The highest BCUT2D eigenvalue weighted by atomic mass is 16.7. The molecule has 0 aliphatic heterocycles. The summed E-state index contributed by atoms with van der Waals surface area (Å²) >= 11 is 0. The zero-order valence-corrected chi connectivity index (χ0v) is 49.1. The van der Waals surface area contributed by atoms with E-state index in [2.05, 4.69) is 98.9 Å². The maximum absolute atomic E-state index is 12.9. The quantitative estimate of drug-likeness (QED) is 0.0195. The van der Waals surface area contributed by atoms with E-state index in [0.717, 1.165) is 83.5 Å². The predicted molar refractivity (Wildman–Crippen MR) is 315 cm³/mol. The summed E-state index contributed by atoms with van der Waals surface area (Å²) in [6, 6.07) is 0. The summed E-state index contributed by atoms with van der Waals surface area (Å²) in [6.45, 7) is 4.65. The Morgan fingerprint density at radius 1 is 0.413 bits per heavy atom. The van der Waals surface area contributed by atoms with Gasteiger partial charge in [-0.05, 0) is 70.6 Å². The average Bonchev–Trinajstić information content (AvgIpc) is 3.38. The van der Waals surface area contributed by atoms with Crippen LogP contribution in [0.1, 0.15) is 258 Å². The first-order valence-corrected chi connectivity index (χ1v) is 30.7. The van der Waals surface area contributed by atoms with Crippen LogP contribution in [-0.4, -0.2) is 82.3 Å². The molecule has 0 radical (unpaired) electrons. The van der Waals surface area contributed by atoms with Gasteiger partial charge in [-0.2, -0.15) is 0 Å². The lowest BCUT2D eigenvalue weighted by atomic mass is 10.0. The molecule has 0 rings (SSSR count). The van der Waals surface area contributed by atoms with E-state index in [-0.39, 0.29) is 32.2 Å². The van der Waals surface area contributed by atoms with Gasteiger partial charge in [0, 0.05) is 12.8 Å². The van der Waals surface area contributed by atoms with Gasteiger partial charge in [-0.3, -0.25) is 9.59 Å². The fourth-order valence-corrected chi connectivity index (χ4v) is 8.46. The molecule has 0 N–H and O–H groups in total. The number of ether oxygens (including phenoxy) is 4. The van der Waals surface area contributed by atoms with Gasteiger partial charge in [-0.1, -0.05) is 259 Å². The van der Waals surface area contributed by atoms with Crippen molar-refractivity contribution in [3.05, 3.63) is 85.1 Å². The first-order valence-electron chi connectivity index (χ1n) is 30.7. The van der Waals surface area contributed by atoms with Crippen LogP contribution in [0.3, 0.4) is 0 Å². The minimum absolute atomic E-state index is 0.146. The van der Waals surface area contributed by atoms with E-state index < -0.39 is 24.3 Å². The van der Waals surface area contributed by atoms with Gasteiger partial charge in [0.05, 0.1) is 40.3 Å². The summed E-state index contributed by atoms with van der Waals surface area (Å²) < 4.78 is 22.7. The van der Waals surface area contributed by atoms with Crippen molar-refractivity contribution in [1.82, 2.24) is 0 Å². The zero-order valence-electron chi connectivity index (χ0n) is 49.1. The lowest BCUT2D eigenvalue weighted by Crippen LogP contribution is -2.44. The number of esters is 2. The smallest absolute Gasteiger partial charge is 0.306 e. The molecule has 9 nitrogen and oxygen atoms in total. The van der Waals surface area contributed by atoms with Crippen LogP contribution in [0.4, 0.5) is 0 Å². The molecule has 0 saturated heterocycles. The highest BCUT2D eigenvalue weighted by Gasteiger charge is 2.22. The highest BCUT2D eigenvalue weighted by Crippen LogP contribution is 2.16. The van der Waals surface area contributed by atoms with Crippen LogP contribution in [0, 0.1) is 0 Å². The Morgan fingerprint density at radius 2 is 0.760 bits per heavy atom. The summed E-state index contributed by atoms with van der Waals surface area (Å²) in [4.78, 5) is 37.3. The third-order valence-electron chi connectivity index (χ3n) is 13.2. The number of rotatable bonds is 56. The first-order chi connectivity index (χ1) is 36.6. The number of allylic oxidation sites excluding steroid dienone is 14. The van der Waals surface area contributed by atoms with Crippen molar-refractivity contribution < 1.29 is 42.9 Å². The SMILES string of the molecule is CC/C=C\C/C=C\C/C=C\C/C=C\C/C=C\C/C=C\C/C=C\CCCCCCCCCCCCCCCC(=O)OC(COC(=O)CCCCCCCCCCCCCCCCC)COC(OCC[N+](C)(C)C)C(=O)[O-]. The third kappa shape index (κ3) is 58.0. The summed E-state index contributed by atoms with van der Waals surface area (Å²) in [5, 5.41) is 11.8. The van der Waals surface area contributed by atoms with E-state index in [9.17, 15) is 19.5 Å². The van der Waals surface area contributed by atoms with Gasteiger partial charge in [0.2, 0.25) is 0 Å². The van der Waals surface area contributed by atoms with Crippen molar-refractivity contribution in [2.45, 2.75) is 270 Å².